The summed E-state index contributed by atoms with van der Waals surface area (Å²) in [5, 5.41) is 17.0. The molecule has 2 heterocycles. The van der Waals surface area contributed by atoms with Crippen LogP contribution < -0.4 is 5.32 Å². The second-order valence-electron chi connectivity index (χ2n) is 6.41. The average molecular weight is 302 g/mol. The fraction of sp³-hybridized carbons (Fsp3) is 0.529. The van der Waals surface area contributed by atoms with Gasteiger partial charge in [0.25, 0.3) is 0 Å². The molecule has 0 amide bonds. The summed E-state index contributed by atoms with van der Waals surface area (Å²) in [6.45, 7) is 3.46. The van der Waals surface area contributed by atoms with E-state index >= 15 is 0 Å². The van der Waals surface area contributed by atoms with Crippen molar-refractivity contribution < 1.29 is 14.7 Å². The molecular formula is C17H22N2O3. The van der Waals surface area contributed by atoms with Crippen LogP contribution in [0.4, 0.5) is 0 Å². The predicted molar refractivity (Wildman–Crippen MR) is 84.0 cm³/mol. The second kappa shape index (κ2) is 6.08. The fourth-order valence-electron chi connectivity index (χ4n) is 3.30. The number of benzene rings is 1. The summed E-state index contributed by atoms with van der Waals surface area (Å²) in [6.07, 6.45) is 2.64. The molecule has 3 rings (SSSR count). The number of hydrogen-bond donors (Lipinski definition) is 2. The Kier molecular flexibility index (Phi) is 4.16. The predicted octanol–water partition coefficient (Wildman–Crippen LogP) is 2.33. The highest BCUT2D eigenvalue weighted by Gasteiger charge is 2.43. The minimum absolute atomic E-state index is 0.146. The number of oxime groups is 1. The molecule has 118 valence electrons. The Hall–Kier alpha value is -1.88. The Bertz CT molecular complexity index is 574. The van der Waals surface area contributed by atoms with E-state index in [0.717, 1.165) is 24.2 Å². The van der Waals surface area contributed by atoms with Crippen molar-refractivity contribution in [1.29, 1.82) is 0 Å². The highest BCUT2D eigenvalue weighted by molar-refractivity contribution is 6.01. The number of hydrogen-bond acceptors (Lipinski definition) is 4. The van der Waals surface area contributed by atoms with E-state index in [-0.39, 0.29) is 6.10 Å². The van der Waals surface area contributed by atoms with Crippen molar-refractivity contribution >= 4 is 11.7 Å². The number of carbonyl (C=O) groups is 1. The normalized spacial score (nSPS) is 28.0. The summed E-state index contributed by atoms with van der Waals surface area (Å²) in [5.41, 5.74) is 2.45. The number of nitrogens with one attached hydrogen (secondary N) is 1. The third-order valence-electron chi connectivity index (χ3n) is 4.66. The maximum absolute atomic E-state index is 11.7. The van der Waals surface area contributed by atoms with Crippen molar-refractivity contribution in [3.8, 4) is 0 Å². The van der Waals surface area contributed by atoms with Crippen LogP contribution in [0.3, 0.4) is 0 Å². The molecule has 5 heteroatoms. The van der Waals surface area contributed by atoms with Crippen molar-refractivity contribution in [2.75, 3.05) is 13.1 Å². The molecule has 22 heavy (non-hydrogen) atoms. The Morgan fingerprint density at radius 1 is 1.45 bits per heavy atom. The maximum atomic E-state index is 11.7. The van der Waals surface area contributed by atoms with Crippen molar-refractivity contribution in [2.24, 2.45) is 10.6 Å². The lowest BCUT2D eigenvalue weighted by atomic mass is 9.75. The molecule has 0 aliphatic carbocycles. The molecule has 2 aliphatic heterocycles. The lowest BCUT2D eigenvalue weighted by molar-refractivity contribution is -0.152. The number of rotatable bonds is 4. The third-order valence-corrected chi connectivity index (χ3v) is 4.66. The van der Waals surface area contributed by atoms with Crippen molar-refractivity contribution in [3.05, 3.63) is 35.4 Å². The van der Waals surface area contributed by atoms with Gasteiger partial charge < -0.3 is 15.3 Å². The quantitative estimate of drug-likeness (QED) is 0.895. The standard InChI is InChI=1S/C17H22N2O3/c1-12-3-5-13(6-4-12)15-9-14(22-19-15)10-17(16(20)21)7-2-8-18-11-17/h3-6,14,18H,2,7-11H2,1H3,(H,20,21)/t14-,17-/m0/s1. The van der Waals surface area contributed by atoms with E-state index in [4.69, 9.17) is 4.84 Å². The Balaban J connectivity index is 1.66. The van der Waals surface area contributed by atoms with Gasteiger partial charge in [-0.25, -0.2) is 0 Å². The van der Waals surface area contributed by atoms with Crippen molar-refractivity contribution in [2.45, 2.75) is 38.7 Å². The molecule has 1 saturated heterocycles. The van der Waals surface area contributed by atoms with Gasteiger partial charge in [-0.1, -0.05) is 35.0 Å². The maximum Gasteiger partial charge on any atom is 0.311 e. The highest BCUT2D eigenvalue weighted by Crippen LogP contribution is 2.35. The smallest absolute Gasteiger partial charge is 0.311 e. The van der Waals surface area contributed by atoms with Crippen molar-refractivity contribution in [3.63, 3.8) is 0 Å². The monoisotopic (exact) mass is 302 g/mol. The molecule has 0 bridgehead atoms. The molecule has 0 saturated carbocycles. The first kappa shape index (κ1) is 15.0. The number of nitrogens with zero attached hydrogens (tertiary/aromatic N) is 1. The summed E-state index contributed by atoms with van der Waals surface area (Å²) >= 11 is 0. The van der Waals surface area contributed by atoms with Gasteiger partial charge in [0.05, 0.1) is 11.1 Å². The summed E-state index contributed by atoms with van der Waals surface area (Å²) in [4.78, 5) is 17.2. The number of carboxylic acids is 1. The van der Waals surface area contributed by atoms with Crippen molar-refractivity contribution in [1.82, 2.24) is 5.32 Å². The lowest BCUT2D eigenvalue weighted by Crippen LogP contribution is -2.47. The topological polar surface area (TPSA) is 70.9 Å². The first-order chi connectivity index (χ1) is 10.6. The van der Waals surface area contributed by atoms with E-state index < -0.39 is 11.4 Å². The van der Waals surface area contributed by atoms with Gasteiger partial charge >= 0.3 is 5.97 Å². The van der Waals surface area contributed by atoms with Crippen LogP contribution in [0.5, 0.6) is 0 Å². The molecule has 2 N–H and O–H groups in total. The summed E-state index contributed by atoms with van der Waals surface area (Å²) < 4.78 is 0. The summed E-state index contributed by atoms with van der Waals surface area (Å²) in [6, 6.07) is 8.17. The van der Waals surface area contributed by atoms with Gasteiger partial charge in [-0.15, -0.1) is 0 Å². The molecule has 0 radical (unpaired) electrons. The highest BCUT2D eigenvalue weighted by atomic mass is 16.6. The van der Waals surface area contributed by atoms with Gasteiger partial charge in [-0.05, 0) is 31.9 Å². The molecule has 5 nitrogen and oxygen atoms in total. The summed E-state index contributed by atoms with van der Waals surface area (Å²) in [5.74, 6) is -0.730. The fourth-order valence-corrected chi connectivity index (χ4v) is 3.30. The van der Waals surface area contributed by atoms with Gasteiger partial charge in [-0.2, -0.15) is 0 Å². The zero-order chi connectivity index (χ0) is 15.6. The molecule has 2 aliphatic rings. The molecule has 0 unspecified atom stereocenters. The molecule has 1 fully saturated rings. The molecule has 2 atom stereocenters. The number of piperidine rings is 1. The molecule has 0 aromatic heterocycles. The van der Waals surface area contributed by atoms with Gasteiger partial charge in [0, 0.05) is 19.4 Å². The van der Waals surface area contributed by atoms with E-state index in [1.807, 2.05) is 19.1 Å². The van der Waals surface area contributed by atoms with Crippen LogP contribution >= 0.6 is 0 Å². The van der Waals surface area contributed by atoms with Crippen LogP contribution in [0.25, 0.3) is 0 Å². The van der Waals surface area contributed by atoms with E-state index in [1.165, 1.54) is 5.56 Å². The largest absolute Gasteiger partial charge is 0.481 e. The Labute approximate surface area is 130 Å². The van der Waals surface area contributed by atoms with E-state index in [2.05, 4.69) is 22.6 Å². The Morgan fingerprint density at radius 2 is 2.23 bits per heavy atom. The zero-order valence-electron chi connectivity index (χ0n) is 12.8. The molecule has 1 aromatic carbocycles. The van der Waals surface area contributed by atoms with E-state index in [0.29, 0.717) is 25.8 Å². The average Bonchev–Trinajstić information content (AvgIpc) is 2.97. The van der Waals surface area contributed by atoms with E-state index in [1.54, 1.807) is 0 Å². The van der Waals surface area contributed by atoms with E-state index in [9.17, 15) is 9.90 Å². The van der Waals surface area contributed by atoms with Gasteiger partial charge in [0.15, 0.2) is 0 Å². The molecule has 1 aromatic rings. The van der Waals surface area contributed by atoms with Crippen LogP contribution in [-0.4, -0.2) is 36.0 Å². The first-order valence-electron chi connectivity index (χ1n) is 7.83. The molecular weight excluding hydrogens is 280 g/mol. The minimum atomic E-state index is -0.730. The van der Waals surface area contributed by atoms with Crippen LogP contribution in [0.2, 0.25) is 0 Å². The lowest BCUT2D eigenvalue weighted by Gasteiger charge is -2.34. The van der Waals surface area contributed by atoms with Crippen LogP contribution in [0, 0.1) is 12.3 Å². The number of aryl methyl sites for hydroxylation is 1. The number of aliphatic carboxylic acids is 1. The Morgan fingerprint density at radius 3 is 2.86 bits per heavy atom. The van der Waals surface area contributed by atoms with Gasteiger partial charge in [0.2, 0.25) is 0 Å². The van der Waals surface area contributed by atoms with Crippen LogP contribution in [-0.2, 0) is 9.63 Å². The third kappa shape index (κ3) is 2.99. The SMILES string of the molecule is Cc1ccc(C2=NO[C@H](C[C@@]3(C(=O)O)CCCNC3)C2)cc1. The number of carboxylic acid groups (broad SMARTS) is 1. The van der Waals surface area contributed by atoms with Gasteiger partial charge in [-0.3, -0.25) is 4.79 Å². The van der Waals surface area contributed by atoms with Crippen LogP contribution in [0.1, 0.15) is 36.8 Å². The second-order valence-corrected chi connectivity index (χ2v) is 6.41. The van der Waals surface area contributed by atoms with Gasteiger partial charge in [0.1, 0.15) is 6.10 Å². The van der Waals surface area contributed by atoms with Crippen LogP contribution in [0.15, 0.2) is 29.4 Å². The first-order valence-corrected chi connectivity index (χ1v) is 7.83. The zero-order valence-corrected chi connectivity index (χ0v) is 12.8. The molecule has 0 spiro atoms. The minimum Gasteiger partial charge on any atom is -0.481 e. The summed E-state index contributed by atoms with van der Waals surface area (Å²) in [7, 11) is 0.